The fraction of sp³-hybridized carbons (Fsp3) is 0.531. The van der Waals surface area contributed by atoms with Gasteiger partial charge in [0.25, 0.3) is 11.8 Å². The molecule has 6 nitrogen and oxygen atoms in total. The number of H-pyrrole nitrogens is 1. The molecule has 6 aliphatic carbocycles. The second-order valence-electron chi connectivity index (χ2n) is 13.1. The standard InChI is InChI=1S/C32H36N4O2/c37-31(36-29-24-11-18-9-19(13-24)14-25(29)12-18)21-5-3-20(4-6-21)30-33-26-8-7-23(16-28(26)34-30)32(38)35-27-15-17-1-2-22(27)10-17/h3-8,16-19,22,24-25,27,29H,1-2,9-15H2,(H,33,34)(H,35,38)(H,36,37)/t17?,18-,19+,22?,24-,25+,27?,29?. The molecule has 6 saturated carbocycles. The minimum atomic E-state index is 0.00324. The normalized spacial score (nSPS) is 34.6. The molecule has 0 saturated heterocycles. The molecule has 196 valence electrons. The number of aromatic amines is 1. The topological polar surface area (TPSA) is 86.9 Å². The number of nitrogens with one attached hydrogen (secondary N) is 3. The molecule has 0 spiro atoms. The van der Waals surface area contributed by atoms with Crippen LogP contribution in [0.3, 0.4) is 0 Å². The lowest BCUT2D eigenvalue weighted by Gasteiger charge is -2.54. The van der Waals surface area contributed by atoms with Crippen LogP contribution in [0.5, 0.6) is 0 Å². The van der Waals surface area contributed by atoms with Gasteiger partial charge in [-0.25, -0.2) is 4.98 Å². The molecule has 6 aliphatic rings. The minimum absolute atomic E-state index is 0.00324. The molecule has 6 fully saturated rings. The minimum Gasteiger partial charge on any atom is -0.349 e. The van der Waals surface area contributed by atoms with E-state index in [-0.39, 0.29) is 11.8 Å². The zero-order chi connectivity index (χ0) is 25.4. The van der Waals surface area contributed by atoms with Gasteiger partial charge in [-0.05, 0) is 117 Å². The molecule has 0 radical (unpaired) electrons. The summed E-state index contributed by atoms with van der Waals surface area (Å²) in [6, 6.07) is 14.1. The predicted molar refractivity (Wildman–Crippen MR) is 147 cm³/mol. The molecule has 6 bridgehead atoms. The number of hydrogen-bond donors (Lipinski definition) is 3. The lowest BCUT2D eigenvalue weighted by Crippen LogP contribution is -2.55. The summed E-state index contributed by atoms with van der Waals surface area (Å²) in [6.07, 6.45) is 11.6. The average molecular weight is 509 g/mol. The number of nitrogens with zero attached hydrogens (tertiary/aromatic N) is 1. The van der Waals surface area contributed by atoms with Crippen molar-refractivity contribution in [1.29, 1.82) is 0 Å². The molecule has 3 unspecified atom stereocenters. The van der Waals surface area contributed by atoms with Crippen LogP contribution in [0, 0.1) is 35.5 Å². The summed E-state index contributed by atoms with van der Waals surface area (Å²) in [6.45, 7) is 0. The average Bonchev–Trinajstić information content (AvgIpc) is 3.66. The number of hydrogen-bond acceptors (Lipinski definition) is 3. The van der Waals surface area contributed by atoms with Gasteiger partial charge in [-0.3, -0.25) is 9.59 Å². The SMILES string of the molecule is O=C(NC1CC2CCC1C2)c1ccc2[nH]c(-c3ccc(C(=O)NC4[C@H]5C[C@@H]6C[C@@H](C[C@H]4C6)C5)cc3)nc2c1. The van der Waals surface area contributed by atoms with Gasteiger partial charge in [-0.2, -0.15) is 0 Å². The van der Waals surface area contributed by atoms with Gasteiger partial charge in [0, 0.05) is 28.8 Å². The van der Waals surface area contributed by atoms with E-state index in [4.69, 9.17) is 4.98 Å². The maximum absolute atomic E-state index is 13.1. The van der Waals surface area contributed by atoms with Crippen LogP contribution in [0.15, 0.2) is 42.5 Å². The van der Waals surface area contributed by atoms with Crippen molar-refractivity contribution in [1.82, 2.24) is 20.6 Å². The quantitative estimate of drug-likeness (QED) is 0.413. The lowest BCUT2D eigenvalue weighted by molar-refractivity contribution is -0.0119. The summed E-state index contributed by atoms with van der Waals surface area (Å²) in [5.41, 5.74) is 3.98. The molecule has 2 amide bonds. The van der Waals surface area contributed by atoms with Gasteiger partial charge in [0.2, 0.25) is 0 Å². The number of aromatic nitrogens is 2. The van der Waals surface area contributed by atoms with Crippen LogP contribution in [0.2, 0.25) is 0 Å². The van der Waals surface area contributed by atoms with E-state index in [0.29, 0.717) is 41.0 Å². The van der Waals surface area contributed by atoms with Crippen molar-refractivity contribution >= 4 is 22.8 Å². The first-order valence-electron chi connectivity index (χ1n) is 14.8. The van der Waals surface area contributed by atoms with Crippen LogP contribution in [0.25, 0.3) is 22.4 Å². The van der Waals surface area contributed by atoms with Crippen molar-refractivity contribution in [2.75, 3.05) is 0 Å². The van der Waals surface area contributed by atoms with Crippen molar-refractivity contribution in [3.63, 3.8) is 0 Å². The van der Waals surface area contributed by atoms with Gasteiger partial charge >= 0.3 is 0 Å². The summed E-state index contributed by atoms with van der Waals surface area (Å²) in [5, 5.41) is 6.69. The zero-order valence-electron chi connectivity index (χ0n) is 21.8. The summed E-state index contributed by atoms with van der Waals surface area (Å²) >= 11 is 0. The van der Waals surface area contributed by atoms with E-state index < -0.39 is 0 Å². The molecule has 1 heterocycles. The Morgan fingerprint density at radius 3 is 2.08 bits per heavy atom. The van der Waals surface area contributed by atoms with Crippen molar-refractivity contribution in [2.24, 2.45) is 35.5 Å². The van der Waals surface area contributed by atoms with E-state index in [0.717, 1.165) is 46.6 Å². The number of imidazole rings is 1. The Balaban J connectivity index is 0.953. The van der Waals surface area contributed by atoms with Gasteiger partial charge in [-0.1, -0.05) is 18.6 Å². The number of amides is 2. The highest BCUT2D eigenvalue weighted by molar-refractivity contribution is 5.98. The number of carbonyl (C=O) groups is 2. The van der Waals surface area contributed by atoms with E-state index in [1.807, 2.05) is 42.5 Å². The van der Waals surface area contributed by atoms with Crippen LogP contribution >= 0.6 is 0 Å². The molecule has 1 aromatic heterocycles. The van der Waals surface area contributed by atoms with Gasteiger partial charge < -0.3 is 15.6 Å². The summed E-state index contributed by atoms with van der Waals surface area (Å²) < 4.78 is 0. The molecule has 9 rings (SSSR count). The third-order valence-corrected chi connectivity index (χ3v) is 10.7. The Hall–Kier alpha value is -3.15. The monoisotopic (exact) mass is 508 g/mol. The van der Waals surface area contributed by atoms with E-state index in [9.17, 15) is 9.59 Å². The van der Waals surface area contributed by atoms with Crippen LogP contribution in [0.4, 0.5) is 0 Å². The maximum Gasteiger partial charge on any atom is 0.251 e. The molecule has 3 aromatic rings. The molecule has 3 N–H and O–H groups in total. The van der Waals surface area contributed by atoms with Crippen molar-refractivity contribution in [3.05, 3.63) is 53.6 Å². The molecule has 2 aromatic carbocycles. The highest BCUT2D eigenvalue weighted by atomic mass is 16.2. The Morgan fingerprint density at radius 2 is 1.39 bits per heavy atom. The van der Waals surface area contributed by atoms with Crippen LogP contribution < -0.4 is 10.6 Å². The van der Waals surface area contributed by atoms with Gasteiger partial charge in [-0.15, -0.1) is 0 Å². The number of carbonyl (C=O) groups excluding carboxylic acids is 2. The smallest absolute Gasteiger partial charge is 0.251 e. The molecule has 3 atom stereocenters. The number of fused-ring (bicyclic) bond motifs is 3. The van der Waals surface area contributed by atoms with Crippen LogP contribution in [0.1, 0.15) is 78.5 Å². The number of benzene rings is 2. The first kappa shape index (κ1) is 22.8. The second-order valence-corrected chi connectivity index (χ2v) is 13.1. The van der Waals surface area contributed by atoms with Crippen molar-refractivity contribution < 1.29 is 9.59 Å². The molecular weight excluding hydrogens is 472 g/mol. The Kier molecular flexibility index (Phi) is 5.21. The Morgan fingerprint density at radius 1 is 0.711 bits per heavy atom. The fourth-order valence-electron chi connectivity index (χ4n) is 9.13. The van der Waals surface area contributed by atoms with E-state index in [1.165, 1.54) is 51.4 Å². The highest BCUT2D eigenvalue weighted by Crippen LogP contribution is 2.53. The van der Waals surface area contributed by atoms with E-state index >= 15 is 0 Å². The summed E-state index contributed by atoms with van der Waals surface area (Å²) in [7, 11) is 0. The zero-order valence-corrected chi connectivity index (χ0v) is 21.8. The van der Waals surface area contributed by atoms with E-state index in [1.54, 1.807) is 0 Å². The van der Waals surface area contributed by atoms with Crippen molar-refractivity contribution in [3.8, 4) is 11.4 Å². The maximum atomic E-state index is 13.1. The van der Waals surface area contributed by atoms with Crippen LogP contribution in [-0.4, -0.2) is 33.9 Å². The molecular formula is C32H36N4O2. The second kappa shape index (κ2) is 8.69. The predicted octanol–water partition coefficient (Wildman–Crippen LogP) is 5.70. The molecule has 38 heavy (non-hydrogen) atoms. The first-order valence-corrected chi connectivity index (χ1v) is 14.8. The fourth-order valence-corrected chi connectivity index (χ4v) is 9.13. The first-order chi connectivity index (χ1) is 18.6. The highest BCUT2D eigenvalue weighted by Gasteiger charge is 2.48. The number of rotatable bonds is 5. The summed E-state index contributed by atoms with van der Waals surface area (Å²) in [4.78, 5) is 34.2. The lowest BCUT2D eigenvalue weighted by atomic mass is 9.54. The van der Waals surface area contributed by atoms with E-state index in [2.05, 4.69) is 15.6 Å². The third-order valence-electron chi connectivity index (χ3n) is 10.7. The van der Waals surface area contributed by atoms with Crippen LogP contribution in [-0.2, 0) is 0 Å². The summed E-state index contributed by atoms with van der Waals surface area (Å²) in [5.74, 6) is 5.41. The Bertz CT molecular complexity index is 1380. The van der Waals surface area contributed by atoms with Gasteiger partial charge in [0.15, 0.2) is 0 Å². The Labute approximate surface area is 223 Å². The largest absolute Gasteiger partial charge is 0.349 e. The third kappa shape index (κ3) is 3.87. The molecule has 0 aliphatic heterocycles. The molecule has 6 heteroatoms. The van der Waals surface area contributed by atoms with Gasteiger partial charge in [0.1, 0.15) is 5.82 Å². The van der Waals surface area contributed by atoms with Gasteiger partial charge in [0.05, 0.1) is 11.0 Å². The van der Waals surface area contributed by atoms with Crippen molar-refractivity contribution in [2.45, 2.75) is 69.9 Å².